The fourth-order valence-electron chi connectivity index (χ4n) is 2.35. The maximum atomic E-state index is 12.4. The lowest BCUT2D eigenvalue weighted by Crippen LogP contribution is -2.29. The van der Waals surface area contributed by atoms with Gasteiger partial charge in [-0.15, -0.1) is 0 Å². The summed E-state index contributed by atoms with van der Waals surface area (Å²) in [7, 11) is -3.71. The minimum absolute atomic E-state index is 0.131. The van der Waals surface area contributed by atoms with E-state index in [1.165, 1.54) is 12.1 Å². The van der Waals surface area contributed by atoms with Crippen molar-refractivity contribution >= 4 is 15.8 Å². The third kappa shape index (κ3) is 4.17. The summed E-state index contributed by atoms with van der Waals surface area (Å²) in [6.07, 6.45) is 3.39. The Morgan fingerprint density at radius 2 is 1.68 bits per heavy atom. The summed E-state index contributed by atoms with van der Waals surface area (Å²) in [6, 6.07) is 18.7. The zero-order chi connectivity index (χ0) is 17.7. The number of carbonyl (C=O) groups is 1. The van der Waals surface area contributed by atoms with Crippen LogP contribution in [0, 0.1) is 0 Å². The molecule has 0 aliphatic heterocycles. The lowest BCUT2D eigenvalue weighted by molar-refractivity contribution is 0.0997. The molecule has 3 aromatic rings. The average molecular weight is 352 g/mol. The number of carbonyl (C=O) groups excluding carboxylic acids is 1. The number of hydrogen-bond donors (Lipinski definition) is 1. The molecular weight excluding hydrogens is 336 g/mol. The van der Waals surface area contributed by atoms with E-state index in [9.17, 15) is 13.2 Å². The van der Waals surface area contributed by atoms with Gasteiger partial charge in [0.1, 0.15) is 0 Å². The molecule has 1 N–H and O–H groups in total. The predicted octanol–water partition coefficient (Wildman–Crippen LogP) is 2.91. The number of hydrogen-bond acceptors (Lipinski definition) is 4. The monoisotopic (exact) mass is 352 g/mol. The minimum Gasteiger partial charge on any atom is -0.293 e. The average Bonchev–Trinajstić information content (AvgIpc) is 2.68. The third-order valence-corrected chi connectivity index (χ3v) is 5.07. The molecule has 126 valence electrons. The Bertz CT molecular complexity index is 972. The molecule has 2 aromatic carbocycles. The van der Waals surface area contributed by atoms with Gasteiger partial charge in [-0.25, -0.2) is 13.1 Å². The zero-order valence-corrected chi connectivity index (χ0v) is 14.1. The first-order chi connectivity index (χ1) is 12.1. The molecule has 0 amide bonds. The van der Waals surface area contributed by atoms with E-state index in [1.807, 2.05) is 18.2 Å². The Balaban J connectivity index is 1.74. The van der Waals surface area contributed by atoms with E-state index in [1.54, 1.807) is 48.8 Å². The van der Waals surface area contributed by atoms with Crippen LogP contribution in [0.25, 0.3) is 11.1 Å². The van der Waals surface area contributed by atoms with Crippen LogP contribution >= 0.6 is 0 Å². The fourth-order valence-corrected chi connectivity index (χ4v) is 3.35. The highest BCUT2D eigenvalue weighted by Crippen LogP contribution is 2.19. The maximum absolute atomic E-state index is 12.4. The summed E-state index contributed by atoms with van der Waals surface area (Å²) < 4.78 is 26.7. The molecule has 1 heterocycles. The molecule has 0 unspecified atom stereocenters. The Kier molecular flexibility index (Phi) is 5.02. The van der Waals surface area contributed by atoms with Gasteiger partial charge in [0.2, 0.25) is 10.0 Å². The molecule has 0 aliphatic rings. The number of nitrogens with one attached hydrogen (secondary N) is 1. The van der Waals surface area contributed by atoms with E-state index in [-0.39, 0.29) is 17.2 Å². The van der Waals surface area contributed by atoms with Gasteiger partial charge in [-0.1, -0.05) is 42.5 Å². The Labute approximate surface area is 146 Å². The summed E-state index contributed by atoms with van der Waals surface area (Å²) in [5.41, 5.74) is 2.18. The quantitative estimate of drug-likeness (QED) is 0.692. The predicted molar refractivity (Wildman–Crippen MR) is 95.6 cm³/mol. The number of benzene rings is 2. The summed E-state index contributed by atoms with van der Waals surface area (Å²) in [5, 5.41) is 0. The molecule has 0 spiro atoms. The topological polar surface area (TPSA) is 76.1 Å². The number of nitrogens with zero attached hydrogens (tertiary/aromatic N) is 1. The van der Waals surface area contributed by atoms with Gasteiger partial charge in [-0.2, -0.15) is 0 Å². The normalized spacial score (nSPS) is 11.2. The van der Waals surface area contributed by atoms with Gasteiger partial charge in [-0.05, 0) is 29.8 Å². The van der Waals surface area contributed by atoms with Gasteiger partial charge in [0.15, 0.2) is 5.78 Å². The molecule has 6 heteroatoms. The van der Waals surface area contributed by atoms with Gasteiger partial charge in [0.05, 0.1) is 11.4 Å². The number of Topliss-reactive ketones (excluding diaryl/α,β-unsaturated/α-hetero) is 1. The number of pyridine rings is 1. The van der Waals surface area contributed by atoms with Crippen LogP contribution < -0.4 is 4.72 Å². The van der Waals surface area contributed by atoms with Gasteiger partial charge >= 0.3 is 0 Å². The Hall–Kier alpha value is -2.83. The summed E-state index contributed by atoms with van der Waals surface area (Å²) >= 11 is 0. The van der Waals surface area contributed by atoms with Gasteiger partial charge < -0.3 is 0 Å². The second-order valence-corrected chi connectivity index (χ2v) is 7.15. The molecule has 5 nitrogen and oxygen atoms in total. The molecular formula is C19H16N2O3S. The SMILES string of the molecule is O=C(CNS(=O)(=O)c1ccccc1)c1cccc(-c2cccnc2)c1. The molecule has 0 fully saturated rings. The van der Waals surface area contributed by atoms with Gasteiger partial charge in [0, 0.05) is 23.5 Å². The fraction of sp³-hybridized carbons (Fsp3) is 0.0526. The highest BCUT2D eigenvalue weighted by molar-refractivity contribution is 7.89. The summed E-state index contributed by atoms with van der Waals surface area (Å²) in [5.74, 6) is -0.301. The van der Waals surface area contributed by atoms with Crippen molar-refractivity contribution in [3.63, 3.8) is 0 Å². The zero-order valence-electron chi connectivity index (χ0n) is 13.3. The van der Waals surface area contributed by atoms with Crippen LogP contribution in [0.15, 0.2) is 84.0 Å². The lowest BCUT2D eigenvalue weighted by Gasteiger charge is -2.07. The summed E-state index contributed by atoms with van der Waals surface area (Å²) in [4.78, 5) is 16.6. The second kappa shape index (κ2) is 7.38. The van der Waals surface area contributed by atoms with E-state index in [2.05, 4.69) is 9.71 Å². The van der Waals surface area contributed by atoms with Crippen molar-refractivity contribution in [1.29, 1.82) is 0 Å². The van der Waals surface area contributed by atoms with E-state index in [4.69, 9.17) is 0 Å². The maximum Gasteiger partial charge on any atom is 0.240 e. The third-order valence-electron chi connectivity index (χ3n) is 3.66. The van der Waals surface area contributed by atoms with Gasteiger partial charge in [-0.3, -0.25) is 9.78 Å². The Morgan fingerprint density at radius 3 is 2.40 bits per heavy atom. The van der Waals surface area contributed by atoms with Crippen LogP contribution in [0.1, 0.15) is 10.4 Å². The van der Waals surface area contributed by atoms with Crippen LogP contribution in [0.5, 0.6) is 0 Å². The molecule has 25 heavy (non-hydrogen) atoms. The standard InChI is InChI=1S/C19H16N2O3S/c22-19(14-21-25(23,24)18-9-2-1-3-10-18)16-7-4-6-15(12-16)17-8-5-11-20-13-17/h1-13,21H,14H2. The van der Waals surface area contributed by atoms with Crippen LogP contribution in [0.3, 0.4) is 0 Å². The van der Waals surface area contributed by atoms with Crippen molar-refractivity contribution in [2.24, 2.45) is 0 Å². The van der Waals surface area contributed by atoms with Crippen molar-refractivity contribution in [3.8, 4) is 11.1 Å². The molecule has 1 aromatic heterocycles. The second-order valence-electron chi connectivity index (χ2n) is 5.38. The van der Waals surface area contributed by atoms with Crippen LogP contribution in [-0.2, 0) is 10.0 Å². The molecule has 0 saturated heterocycles. The van der Waals surface area contributed by atoms with Crippen LogP contribution in [0.2, 0.25) is 0 Å². The number of ketones is 1. The van der Waals surface area contributed by atoms with Crippen molar-refractivity contribution in [3.05, 3.63) is 84.7 Å². The largest absolute Gasteiger partial charge is 0.293 e. The van der Waals surface area contributed by atoms with Crippen molar-refractivity contribution < 1.29 is 13.2 Å². The Morgan fingerprint density at radius 1 is 0.920 bits per heavy atom. The minimum atomic E-state index is -3.71. The lowest BCUT2D eigenvalue weighted by atomic mass is 10.0. The molecule has 0 bridgehead atoms. The molecule has 0 aliphatic carbocycles. The number of aromatic nitrogens is 1. The smallest absolute Gasteiger partial charge is 0.240 e. The summed E-state index contributed by atoms with van der Waals surface area (Å²) in [6.45, 7) is -0.298. The molecule has 0 radical (unpaired) electrons. The molecule has 0 atom stereocenters. The van der Waals surface area contributed by atoms with Crippen molar-refractivity contribution in [2.45, 2.75) is 4.90 Å². The van der Waals surface area contributed by atoms with Gasteiger partial charge in [0.25, 0.3) is 0 Å². The first kappa shape index (κ1) is 17.0. The molecule has 0 saturated carbocycles. The molecule has 3 rings (SSSR count). The van der Waals surface area contributed by atoms with E-state index < -0.39 is 10.0 Å². The van der Waals surface area contributed by atoms with E-state index >= 15 is 0 Å². The number of rotatable bonds is 6. The van der Waals surface area contributed by atoms with E-state index in [0.29, 0.717) is 5.56 Å². The van der Waals surface area contributed by atoms with E-state index in [0.717, 1.165) is 11.1 Å². The van der Waals surface area contributed by atoms with Crippen molar-refractivity contribution in [1.82, 2.24) is 9.71 Å². The highest BCUT2D eigenvalue weighted by Gasteiger charge is 2.16. The first-order valence-corrected chi connectivity index (χ1v) is 9.13. The van der Waals surface area contributed by atoms with Crippen LogP contribution in [-0.4, -0.2) is 25.7 Å². The van der Waals surface area contributed by atoms with Crippen LogP contribution in [0.4, 0.5) is 0 Å². The number of sulfonamides is 1. The van der Waals surface area contributed by atoms with Crippen molar-refractivity contribution in [2.75, 3.05) is 6.54 Å². The highest BCUT2D eigenvalue weighted by atomic mass is 32.2. The first-order valence-electron chi connectivity index (χ1n) is 7.65.